The molecule has 1 aliphatic rings. The van der Waals surface area contributed by atoms with Crippen LogP contribution in [0, 0.1) is 18.3 Å². The Bertz CT molecular complexity index is 1320. The van der Waals surface area contributed by atoms with E-state index in [1.54, 1.807) is 54.6 Å². The Balaban J connectivity index is 1.70. The number of amides is 2. The van der Waals surface area contributed by atoms with Crippen molar-refractivity contribution in [3.8, 4) is 17.4 Å². The van der Waals surface area contributed by atoms with Crippen LogP contribution in [0.25, 0.3) is 17.4 Å². The maximum atomic E-state index is 13.1. The highest BCUT2D eigenvalue weighted by Gasteiger charge is 2.35. The molecule has 3 aromatic rings. The Morgan fingerprint density at radius 1 is 1.16 bits per heavy atom. The standard InChI is InChI=1S/C23H14ClN3O3S/c1-13-6-7-15(10-19(13)24)27-22(29)18(21(28)26-23(27)31)11-16-8-9-20(30-16)17-5-3-2-4-14(17)12-25/h2-11H,1H3,(H,26,28,31)/b18-11+. The number of anilines is 1. The zero-order valence-electron chi connectivity index (χ0n) is 16.2. The Hall–Kier alpha value is -3.73. The predicted octanol–water partition coefficient (Wildman–Crippen LogP) is 4.61. The van der Waals surface area contributed by atoms with Gasteiger partial charge in [0.15, 0.2) is 5.11 Å². The van der Waals surface area contributed by atoms with Gasteiger partial charge in [0.1, 0.15) is 17.1 Å². The van der Waals surface area contributed by atoms with Crippen molar-refractivity contribution in [1.82, 2.24) is 5.32 Å². The van der Waals surface area contributed by atoms with Crippen molar-refractivity contribution in [3.63, 3.8) is 0 Å². The summed E-state index contributed by atoms with van der Waals surface area (Å²) >= 11 is 11.4. The van der Waals surface area contributed by atoms with Crippen molar-refractivity contribution in [2.45, 2.75) is 6.92 Å². The van der Waals surface area contributed by atoms with Crippen LogP contribution in [0.15, 0.2) is 64.6 Å². The molecule has 0 saturated carbocycles. The van der Waals surface area contributed by atoms with E-state index in [0.717, 1.165) is 5.56 Å². The fourth-order valence-corrected chi connectivity index (χ4v) is 3.58. The van der Waals surface area contributed by atoms with Crippen molar-refractivity contribution in [1.29, 1.82) is 5.26 Å². The third kappa shape index (κ3) is 3.87. The third-order valence-electron chi connectivity index (χ3n) is 4.74. The molecule has 152 valence electrons. The number of nitriles is 1. The number of halogens is 1. The number of carbonyl (C=O) groups excluding carboxylic acids is 2. The number of rotatable bonds is 3. The molecule has 0 spiro atoms. The van der Waals surface area contributed by atoms with Gasteiger partial charge in [-0.15, -0.1) is 0 Å². The lowest BCUT2D eigenvalue weighted by Crippen LogP contribution is -2.54. The first-order valence-electron chi connectivity index (χ1n) is 9.16. The van der Waals surface area contributed by atoms with E-state index in [1.165, 1.54) is 11.0 Å². The van der Waals surface area contributed by atoms with Crippen molar-refractivity contribution in [3.05, 3.63) is 82.1 Å². The second-order valence-corrected chi connectivity index (χ2v) is 7.54. The number of aryl methyl sites for hydroxylation is 1. The number of nitrogens with zero attached hydrogens (tertiary/aromatic N) is 2. The fraction of sp³-hybridized carbons (Fsp3) is 0.0435. The zero-order chi connectivity index (χ0) is 22.1. The molecule has 0 atom stereocenters. The van der Waals surface area contributed by atoms with E-state index in [-0.39, 0.29) is 16.4 Å². The summed E-state index contributed by atoms with van der Waals surface area (Å²) in [6.45, 7) is 1.84. The number of carbonyl (C=O) groups is 2. The molecule has 6 nitrogen and oxygen atoms in total. The summed E-state index contributed by atoms with van der Waals surface area (Å²) in [7, 11) is 0. The summed E-state index contributed by atoms with van der Waals surface area (Å²) in [6.07, 6.45) is 1.35. The van der Waals surface area contributed by atoms with Gasteiger partial charge in [-0.3, -0.25) is 19.8 Å². The van der Waals surface area contributed by atoms with Gasteiger partial charge in [0.05, 0.1) is 17.3 Å². The minimum Gasteiger partial charge on any atom is -0.457 e. The molecule has 31 heavy (non-hydrogen) atoms. The molecule has 8 heteroatoms. The highest BCUT2D eigenvalue weighted by atomic mass is 35.5. The molecular weight excluding hydrogens is 434 g/mol. The van der Waals surface area contributed by atoms with Gasteiger partial charge in [-0.05, 0) is 67.2 Å². The topological polar surface area (TPSA) is 86.3 Å². The molecule has 0 aliphatic carbocycles. The highest BCUT2D eigenvalue weighted by molar-refractivity contribution is 7.80. The van der Waals surface area contributed by atoms with E-state index in [9.17, 15) is 14.9 Å². The van der Waals surface area contributed by atoms with Crippen LogP contribution in [0.2, 0.25) is 5.02 Å². The Kier molecular flexibility index (Phi) is 5.42. The molecule has 1 aliphatic heterocycles. The van der Waals surface area contributed by atoms with Gasteiger partial charge in [-0.25, -0.2) is 0 Å². The molecule has 1 fully saturated rings. The van der Waals surface area contributed by atoms with Crippen LogP contribution >= 0.6 is 23.8 Å². The summed E-state index contributed by atoms with van der Waals surface area (Å²) in [5.41, 5.74) is 2.22. The first-order chi connectivity index (χ1) is 14.9. The van der Waals surface area contributed by atoms with E-state index >= 15 is 0 Å². The molecule has 1 saturated heterocycles. The molecule has 2 amide bonds. The SMILES string of the molecule is Cc1ccc(N2C(=O)/C(=C/c3ccc(-c4ccccc4C#N)o3)C(=O)NC2=S)cc1Cl. The molecule has 1 N–H and O–H groups in total. The Morgan fingerprint density at radius 3 is 2.68 bits per heavy atom. The molecule has 1 aromatic heterocycles. The highest BCUT2D eigenvalue weighted by Crippen LogP contribution is 2.29. The number of furan rings is 1. The van der Waals surface area contributed by atoms with Crippen molar-refractivity contribution in [2.24, 2.45) is 0 Å². The lowest BCUT2D eigenvalue weighted by atomic mass is 10.1. The minimum absolute atomic E-state index is 0.0323. The average molecular weight is 448 g/mol. The maximum absolute atomic E-state index is 13.1. The van der Waals surface area contributed by atoms with Crippen LogP contribution in [-0.4, -0.2) is 16.9 Å². The van der Waals surface area contributed by atoms with Crippen LogP contribution < -0.4 is 10.2 Å². The van der Waals surface area contributed by atoms with Crippen LogP contribution in [0.1, 0.15) is 16.9 Å². The van der Waals surface area contributed by atoms with Gasteiger partial charge >= 0.3 is 0 Å². The van der Waals surface area contributed by atoms with E-state index in [0.29, 0.717) is 27.6 Å². The van der Waals surface area contributed by atoms with Gasteiger partial charge in [-0.1, -0.05) is 29.8 Å². The normalized spacial score (nSPS) is 15.2. The predicted molar refractivity (Wildman–Crippen MR) is 121 cm³/mol. The van der Waals surface area contributed by atoms with Gasteiger partial charge in [0.25, 0.3) is 11.8 Å². The lowest BCUT2D eigenvalue weighted by Gasteiger charge is -2.29. The van der Waals surface area contributed by atoms with Crippen LogP contribution in [0.3, 0.4) is 0 Å². The second-order valence-electron chi connectivity index (χ2n) is 6.75. The lowest BCUT2D eigenvalue weighted by molar-refractivity contribution is -0.122. The zero-order valence-corrected chi connectivity index (χ0v) is 17.8. The number of thiocarbonyl (C=S) groups is 1. The molecule has 0 radical (unpaired) electrons. The van der Waals surface area contributed by atoms with Gasteiger partial charge in [0, 0.05) is 10.6 Å². The van der Waals surface area contributed by atoms with Crippen LogP contribution in [0.5, 0.6) is 0 Å². The number of hydrogen-bond acceptors (Lipinski definition) is 5. The summed E-state index contributed by atoms with van der Waals surface area (Å²) in [5.74, 6) is -0.481. The molecule has 2 aromatic carbocycles. The Labute approximate surface area is 188 Å². The molecule has 2 heterocycles. The summed E-state index contributed by atoms with van der Waals surface area (Å²) in [6, 6.07) is 17.5. The quantitative estimate of drug-likeness (QED) is 0.360. The van der Waals surface area contributed by atoms with Crippen molar-refractivity contribution >= 4 is 52.5 Å². The van der Waals surface area contributed by atoms with Crippen molar-refractivity contribution < 1.29 is 14.0 Å². The monoisotopic (exact) mass is 447 g/mol. The van der Waals surface area contributed by atoms with E-state index in [2.05, 4.69) is 11.4 Å². The fourth-order valence-electron chi connectivity index (χ4n) is 3.13. The largest absolute Gasteiger partial charge is 0.457 e. The van der Waals surface area contributed by atoms with E-state index < -0.39 is 11.8 Å². The molecular formula is C23H14ClN3O3S. The summed E-state index contributed by atoms with van der Waals surface area (Å²) < 4.78 is 5.78. The summed E-state index contributed by atoms with van der Waals surface area (Å²) in [5, 5.41) is 12.3. The van der Waals surface area contributed by atoms with Crippen LogP contribution in [0.4, 0.5) is 5.69 Å². The van der Waals surface area contributed by atoms with E-state index in [4.69, 9.17) is 28.2 Å². The number of nitrogens with one attached hydrogen (secondary N) is 1. The second kappa shape index (κ2) is 8.19. The maximum Gasteiger partial charge on any atom is 0.270 e. The average Bonchev–Trinajstić information content (AvgIpc) is 3.22. The van der Waals surface area contributed by atoms with Crippen molar-refractivity contribution in [2.75, 3.05) is 4.90 Å². The van der Waals surface area contributed by atoms with E-state index in [1.807, 2.05) is 6.92 Å². The Morgan fingerprint density at radius 2 is 1.94 bits per heavy atom. The minimum atomic E-state index is -0.625. The third-order valence-corrected chi connectivity index (χ3v) is 5.43. The molecule has 4 rings (SSSR count). The van der Waals surface area contributed by atoms with Gasteiger partial charge in [0.2, 0.25) is 0 Å². The van der Waals surface area contributed by atoms with Crippen LogP contribution in [-0.2, 0) is 9.59 Å². The smallest absolute Gasteiger partial charge is 0.270 e. The molecule has 0 bridgehead atoms. The van der Waals surface area contributed by atoms with Gasteiger partial charge in [-0.2, -0.15) is 5.26 Å². The number of benzene rings is 2. The summed E-state index contributed by atoms with van der Waals surface area (Å²) in [4.78, 5) is 26.8. The molecule has 0 unspecified atom stereocenters. The van der Waals surface area contributed by atoms with Gasteiger partial charge < -0.3 is 4.42 Å². The first-order valence-corrected chi connectivity index (χ1v) is 9.94. The first kappa shape index (κ1) is 20.5. The number of hydrogen-bond donors (Lipinski definition) is 1.